The van der Waals surface area contributed by atoms with E-state index in [-0.39, 0.29) is 10.9 Å². The Bertz CT molecular complexity index is 98.8. The maximum atomic E-state index is 9.27. The minimum Gasteiger partial charge on any atom is -0.390 e. The maximum Gasteiger partial charge on any atom is 0.0863 e. The van der Waals surface area contributed by atoms with E-state index in [1.54, 1.807) is 18.9 Å². The molecule has 0 aromatic carbocycles. The summed E-state index contributed by atoms with van der Waals surface area (Å²) in [5, 5.41) is 9.27. The van der Waals surface area contributed by atoms with Gasteiger partial charge in [0.1, 0.15) is 0 Å². The van der Waals surface area contributed by atoms with Crippen molar-refractivity contribution in [2.24, 2.45) is 0 Å². The van der Waals surface area contributed by atoms with Crippen molar-refractivity contribution < 1.29 is 9.84 Å². The number of hydrogen-bond donors (Lipinski definition) is 1. The summed E-state index contributed by atoms with van der Waals surface area (Å²) in [5.74, 6) is 0.747. The fraction of sp³-hybridized carbons (Fsp3) is 1.00. The molecule has 2 nitrogen and oxygen atoms in total. The minimum absolute atomic E-state index is 0.231. The second-order valence-corrected chi connectivity index (χ2v) is 5.38. The van der Waals surface area contributed by atoms with Gasteiger partial charge in [-0.1, -0.05) is 20.8 Å². The predicted octanol–water partition coefficient (Wildman–Crippen LogP) is 1.53. The molecule has 0 bridgehead atoms. The van der Waals surface area contributed by atoms with E-state index in [9.17, 15) is 5.11 Å². The fourth-order valence-electron chi connectivity index (χ4n) is 0.587. The molecule has 0 amide bonds. The fourth-order valence-corrected chi connectivity index (χ4v) is 1.38. The lowest BCUT2D eigenvalue weighted by molar-refractivity contribution is 0.0793. The van der Waals surface area contributed by atoms with Crippen molar-refractivity contribution in [1.82, 2.24) is 0 Å². The van der Waals surface area contributed by atoms with E-state index in [1.165, 1.54) is 0 Å². The first-order chi connectivity index (χ1) is 4.95. The van der Waals surface area contributed by atoms with Crippen LogP contribution >= 0.6 is 11.8 Å². The summed E-state index contributed by atoms with van der Waals surface area (Å²) in [6, 6.07) is 0. The van der Waals surface area contributed by atoms with Gasteiger partial charge in [-0.2, -0.15) is 11.8 Å². The average Bonchev–Trinajstić information content (AvgIpc) is 1.83. The van der Waals surface area contributed by atoms with Crippen molar-refractivity contribution in [3.05, 3.63) is 0 Å². The zero-order chi connectivity index (χ0) is 8.91. The molecule has 0 aromatic heterocycles. The highest BCUT2D eigenvalue weighted by atomic mass is 32.2. The lowest BCUT2D eigenvalue weighted by Crippen LogP contribution is -2.20. The summed E-state index contributed by atoms with van der Waals surface area (Å²) < 4.78 is 5.04. The van der Waals surface area contributed by atoms with E-state index >= 15 is 0 Å². The molecule has 0 aliphatic carbocycles. The lowest BCUT2D eigenvalue weighted by Gasteiger charge is -2.19. The summed E-state index contributed by atoms with van der Waals surface area (Å²) in [6.07, 6.45) is -0.329. The molecule has 3 heteroatoms. The van der Waals surface area contributed by atoms with Crippen LogP contribution in [-0.4, -0.2) is 35.4 Å². The first-order valence-corrected chi connectivity index (χ1v) is 4.75. The van der Waals surface area contributed by atoms with E-state index in [4.69, 9.17) is 4.74 Å². The second-order valence-electron chi connectivity index (χ2n) is 3.53. The van der Waals surface area contributed by atoms with Crippen molar-refractivity contribution in [3.63, 3.8) is 0 Å². The molecule has 11 heavy (non-hydrogen) atoms. The summed E-state index contributed by atoms with van der Waals surface area (Å²) in [5.41, 5.74) is 0. The number of aliphatic hydroxyl groups excluding tert-OH is 1. The third-order valence-electron chi connectivity index (χ3n) is 1.07. The normalized spacial score (nSPS) is 15.0. The quantitative estimate of drug-likeness (QED) is 0.708. The molecule has 0 aromatic rings. The lowest BCUT2D eigenvalue weighted by atomic mass is 10.3. The first-order valence-electron chi connectivity index (χ1n) is 3.76. The van der Waals surface area contributed by atoms with E-state index in [2.05, 4.69) is 20.8 Å². The smallest absolute Gasteiger partial charge is 0.0863 e. The molecule has 0 aliphatic rings. The average molecular weight is 178 g/mol. The molecule has 0 spiro atoms. The highest BCUT2D eigenvalue weighted by Crippen LogP contribution is 2.23. The molecule has 1 atom stereocenters. The molecule has 0 fully saturated rings. The second kappa shape index (κ2) is 5.01. The number of rotatable bonds is 4. The maximum absolute atomic E-state index is 9.27. The van der Waals surface area contributed by atoms with Crippen LogP contribution in [0.3, 0.4) is 0 Å². The summed E-state index contributed by atoms with van der Waals surface area (Å²) in [4.78, 5) is 0. The Morgan fingerprint density at radius 1 is 1.45 bits per heavy atom. The van der Waals surface area contributed by atoms with Crippen LogP contribution in [0, 0.1) is 0 Å². The Kier molecular flexibility index (Phi) is 5.13. The van der Waals surface area contributed by atoms with Crippen LogP contribution in [0.4, 0.5) is 0 Å². The van der Waals surface area contributed by atoms with E-state index in [0.717, 1.165) is 5.75 Å². The molecule has 0 saturated carbocycles. The predicted molar refractivity (Wildman–Crippen MR) is 50.1 cm³/mol. The molecule has 0 aliphatic heterocycles. The Labute approximate surface area is 73.3 Å². The van der Waals surface area contributed by atoms with E-state index in [0.29, 0.717) is 6.61 Å². The number of methoxy groups -OCH3 is 1. The van der Waals surface area contributed by atoms with Gasteiger partial charge in [0.05, 0.1) is 12.7 Å². The van der Waals surface area contributed by atoms with Crippen molar-refractivity contribution in [1.29, 1.82) is 0 Å². The summed E-state index contributed by atoms with van der Waals surface area (Å²) in [6.45, 7) is 6.84. The Hall–Kier alpha value is 0.270. The van der Waals surface area contributed by atoms with Crippen molar-refractivity contribution in [3.8, 4) is 0 Å². The topological polar surface area (TPSA) is 29.5 Å². The van der Waals surface area contributed by atoms with Gasteiger partial charge >= 0.3 is 0 Å². The summed E-state index contributed by atoms with van der Waals surface area (Å²) >= 11 is 1.75. The van der Waals surface area contributed by atoms with Crippen molar-refractivity contribution in [2.75, 3.05) is 19.5 Å². The largest absolute Gasteiger partial charge is 0.390 e. The van der Waals surface area contributed by atoms with Crippen LogP contribution < -0.4 is 0 Å². The number of hydrogen-bond acceptors (Lipinski definition) is 3. The molecule has 0 saturated heterocycles. The third kappa shape index (κ3) is 8.17. The molecule has 0 rings (SSSR count). The molecule has 1 N–H and O–H groups in total. The zero-order valence-electron chi connectivity index (χ0n) is 7.76. The van der Waals surface area contributed by atoms with Crippen LogP contribution in [0.15, 0.2) is 0 Å². The highest BCUT2D eigenvalue weighted by Gasteiger charge is 2.13. The van der Waals surface area contributed by atoms with Gasteiger partial charge in [-0.3, -0.25) is 0 Å². The first kappa shape index (κ1) is 11.3. The number of ether oxygens (including phenoxy) is 1. The molecule has 1 unspecified atom stereocenters. The van der Waals surface area contributed by atoms with Crippen LogP contribution in [0.5, 0.6) is 0 Å². The van der Waals surface area contributed by atoms with Crippen LogP contribution in [-0.2, 0) is 4.74 Å². The van der Waals surface area contributed by atoms with Crippen molar-refractivity contribution in [2.45, 2.75) is 31.6 Å². The van der Waals surface area contributed by atoms with Crippen molar-refractivity contribution >= 4 is 11.8 Å². The molecule has 0 radical (unpaired) electrons. The highest BCUT2D eigenvalue weighted by molar-refractivity contribution is 8.00. The molecular formula is C8H18O2S. The van der Waals surface area contributed by atoms with Gasteiger partial charge < -0.3 is 9.84 Å². The van der Waals surface area contributed by atoms with Gasteiger partial charge in [0, 0.05) is 17.6 Å². The van der Waals surface area contributed by atoms with Crippen LogP contribution in [0.25, 0.3) is 0 Å². The van der Waals surface area contributed by atoms with Gasteiger partial charge in [-0.25, -0.2) is 0 Å². The van der Waals surface area contributed by atoms with Gasteiger partial charge in [-0.15, -0.1) is 0 Å². The SMILES string of the molecule is COCC(O)CSC(C)(C)C. The Morgan fingerprint density at radius 3 is 2.36 bits per heavy atom. The Balaban J connectivity index is 3.38. The van der Waals surface area contributed by atoms with E-state index in [1.807, 2.05) is 0 Å². The van der Waals surface area contributed by atoms with E-state index < -0.39 is 0 Å². The number of thioether (sulfide) groups is 1. The molecular weight excluding hydrogens is 160 g/mol. The van der Waals surface area contributed by atoms with Gasteiger partial charge in [0.2, 0.25) is 0 Å². The van der Waals surface area contributed by atoms with Crippen LogP contribution in [0.2, 0.25) is 0 Å². The monoisotopic (exact) mass is 178 g/mol. The molecule has 68 valence electrons. The van der Waals surface area contributed by atoms with Gasteiger partial charge in [0.25, 0.3) is 0 Å². The third-order valence-corrected chi connectivity index (χ3v) is 2.49. The summed E-state index contributed by atoms with van der Waals surface area (Å²) in [7, 11) is 1.60. The Morgan fingerprint density at radius 2 is 2.00 bits per heavy atom. The zero-order valence-corrected chi connectivity index (χ0v) is 8.57. The number of aliphatic hydroxyl groups is 1. The minimum atomic E-state index is -0.329. The van der Waals surface area contributed by atoms with Crippen LogP contribution in [0.1, 0.15) is 20.8 Å². The van der Waals surface area contributed by atoms with Gasteiger partial charge in [0.15, 0.2) is 0 Å². The van der Waals surface area contributed by atoms with Gasteiger partial charge in [-0.05, 0) is 0 Å². The molecule has 0 heterocycles. The standard InChI is InChI=1S/C8H18O2S/c1-8(2,3)11-6-7(9)5-10-4/h7,9H,5-6H2,1-4H3.